The fourth-order valence-electron chi connectivity index (χ4n) is 2.31. The van der Waals surface area contributed by atoms with Gasteiger partial charge < -0.3 is 20.1 Å². The number of H-pyrrole nitrogens is 2. The molecule has 11 heteroatoms. The molecule has 10 nitrogen and oxygen atoms in total. The molecule has 0 unspecified atom stereocenters. The SMILES string of the molecule is O=c1[nH]c(=O)c2nc(Br)n([C@H]3O[C@@H](CO)[C@H](O)[C@@H]3O)c2[nH]1. The maximum atomic E-state index is 11.7. The molecular weight excluding hydrogens is 352 g/mol. The first kappa shape index (κ1) is 14.4. The van der Waals surface area contributed by atoms with Gasteiger partial charge in [-0.3, -0.25) is 19.3 Å². The summed E-state index contributed by atoms with van der Waals surface area (Å²) in [4.78, 5) is 31.4. The van der Waals surface area contributed by atoms with E-state index in [0.717, 1.165) is 0 Å². The Hall–Kier alpha value is -1.53. The Morgan fingerprint density at radius 1 is 1.29 bits per heavy atom. The summed E-state index contributed by atoms with van der Waals surface area (Å²) in [5, 5.41) is 28.9. The first-order valence-electron chi connectivity index (χ1n) is 5.96. The van der Waals surface area contributed by atoms with Crippen LogP contribution in [0, 0.1) is 0 Å². The van der Waals surface area contributed by atoms with Crippen molar-refractivity contribution in [3.63, 3.8) is 0 Å². The molecule has 5 N–H and O–H groups in total. The van der Waals surface area contributed by atoms with Gasteiger partial charge in [0.05, 0.1) is 6.61 Å². The Kier molecular flexibility index (Phi) is 3.45. The Balaban J connectivity index is 2.19. The molecule has 2 aromatic rings. The first-order valence-corrected chi connectivity index (χ1v) is 6.76. The molecule has 2 aromatic heterocycles. The van der Waals surface area contributed by atoms with Crippen LogP contribution in [0.5, 0.6) is 0 Å². The van der Waals surface area contributed by atoms with Gasteiger partial charge in [0.2, 0.25) is 0 Å². The molecule has 0 spiro atoms. The molecule has 0 aromatic carbocycles. The third-order valence-corrected chi connectivity index (χ3v) is 3.87. The lowest BCUT2D eigenvalue weighted by atomic mass is 10.1. The quantitative estimate of drug-likeness (QED) is 0.379. The third kappa shape index (κ3) is 2.13. The van der Waals surface area contributed by atoms with Crippen LogP contribution in [0.15, 0.2) is 14.3 Å². The minimum atomic E-state index is -1.36. The number of nitrogens with one attached hydrogen (secondary N) is 2. The van der Waals surface area contributed by atoms with Crippen molar-refractivity contribution >= 4 is 27.1 Å². The maximum absolute atomic E-state index is 11.7. The van der Waals surface area contributed by atoms with Crippen molar-refractivity contribution in [2.24, 2.45) is 0 Å². The van der Waals surface area contributed by atoms with E-state index >= 15 is 0 Å². The first-order chi connectivity index (χ1) is 9.93. The Labute approximate surface area is 124 Å². The third-order valence-electron chi connectivity index (χ3n) is 3.31. The summed E-state index contributed by atoms with van der Waals surface area (Å²) in [6.07, 6.45) is -4.77. The van der Waals surface area contributed by atoms with Crippen molar-refractivity contribution in [1.29, 1.82) is 0 Å². The van der Waals surface area contributed by atoms with Crippen molar-refractivity contribution in [2.45, 2.75) is 24.5 Å². The summed E-state index contributed by atoms with van der Waals surface area (Å²) < 4.78 is 6.71. The van der Waals surface area contributed by atoms with Crippen LogP contribution in [0.4, 0.5) is 0 Å². The molecule has 0 amide bonds. The average Bonchev–Trinajstić information content (AvgIpc) is 2.89. The largest absolute Gasteiger partial charge is 0.394 e. The number of hydrogen-bond acceptors (Lipinski definition) is 7. The van der Waals surface area contributed by atoms with Gasteiger partial charge in [0.25, 0.3) is 5.56 Å². The number of rotatable bonds is 2. The number of aliphatic hydroxyl groups excluding tert-OH is 3. The topological polar surface area (TPSA) is 153 Å². The molecule has 4 atom stereocenters. The van der Waals surface area contributed by atoms with Gasteiger partial charge in [-0.25, -0.2) is 9.78 Å². The summed E-state index contributed by atoms with van der Waals surface area (Å²) in [5.74, 6) is 0. The van der Waals surface area contributed by atoms with E-state index in [1.54, 1.807) is 0 Å². The van der Waals surface area contributed by atoms with Crippen molar-refractivity contribution in [2.75, 3.05) is 6.61 Å². The van der Waals surface area contributed by atoms with E-state index in [-0.39, 0.29) is 15.9 Å². The fraction of sp³-hybridized carbons (Fsp3) is 0.500. The second-order valence-electron chi connectivity index (χ2n) is 4.59. The second-order valence-corrected chi connectivity index (χ2v) is 5.29. The molecule has 0 aliphatic carbocycles. The summed E-state index contributed by atoms with van der Waals surface area (Å²) in [6.45, 7) is -0.490. The van der Waals surface area contributed by atoms with Crippen LogP contribution >= 0.6 is 15.9 Å². The number of ether oxygens (including phenoxy) is 1. The van der Waals surface area contributed by atoms with Gasteiger partial charge in [0.15, 0.2) is 22.1 Å². The number of imidazole rings is 1. The predicted molar refractivity (Wildman–Crippen MR) is 71.7 cm³/mol. The van der Waals surface area contributed by atoms with Crippen LogP contribution in [0.25, 0.3) is 11.2 Å². The summed E-state index contributed by atoms with van der Waals surface area (Å²) >= 11 is 3.11. The van der Waals surface area contributed by atoms with Gasteiger partial charge in [-0.1, -0.05) is 0 Å². The zero-order valence-corrected chi connectivity index (χ0v) is 11.9. The van der Waals surface area contributed by atoms with Gasteiger partial charge in [0, 0.05) is 0 Å². The number of hydrogen-bond donors (Lipinski definition) is 5. The van der Waals surface area contributed by atoms with Gasteiger partial charge in [0.1, 0.15) is 18.3 Å². The molecule has 3 rings (SSSR count). The van der Waals surface area contributed by atoms with E-state index in [1.165, 1.54) is 4.57 Å². The minimum Gasteiger partial charge on any atom is -0.394 e. The van der Waals surface area contributed by atoms with Crippen LogP contribution in [0.3, 0.4) is 0 Å². The summed E-state index contributed by atoms with van der Waals surface area (Å²) in [7, 11) is 0. The monoisotopic (exact) mass is 362 g/mol. The molecule has 0 saturated carbocycles. The molecule has 0 radical (unpaired) electrons. The maximum Gasteiger partial charge on any atom is 0.327 e. The average molecular weight is 363 g/mol. The lowest BCUT2D eigenvalue weighted by Crippen LogP contribution is -2.33. The number of halogens is 1. The van der Waals surface area contributed by atoms with Crippen LogP contribution in [-0.2, 0) is 4.74 Å². The summed E-state index contributed by atoms with van der Waals surface area (Å²) in [6, 6.07) is 0. The van der Waals surface area contributed by atoms with E-state index in [9.17, 15) is 19.8 Å². The Bertz CT molecular complexity index is 797. The van der Waals surface area contributed by atoms with Gasteiger partial charge in [-0.15, -0.1) is 0 Å². The number of aromatic amines is 2. The smallest absolute Gasteiger partial charge is 0.327 e. The van der Waals surface area contributed by atoms with Gasteiger partial charge in [-0.05, 0) is 15.9 Å². The molecule has 1 saturated heterocycles. The molecule has 1 aliphatic heterocycles. The zero-order chi connectivity index (χ0) is 15.3. The van der Waals surface area contributed by atoms with Crippen molar-refractivity contribution in [1.82, 2.24) is 19.5 Å². The van der Waals surface area contributed by atoms with E-state index in [4.69, 9.17) is 9.84 Å². The normalized spacial score (nSPS) is 29.3. The second kappa shape index (κ2) is 5.03. The van der Waals surface area contributed by atoms with E-state index in [1.807, 2.05) is 4.98 Å². The van der Waals surface area contributed by atoms with Crippen molar-refractivity contribution in [3.8, 4) is 0 Å². The lowest BCUT2D eigenvalue weighted by molar-refractivity contribution is -0.0521. The number of aromatic nitrogens is 4. The van der Waals surface area contributed by atoms with Crippen LogP contribution < -0.4 is 11.2 Å². The Morgan fingerprint density at radius 2 is 2.00 bits per heavy atom. The number of nitrogens with zero attached hydrogens (tertiary/aromatic N) is 2. The van der Waals surface area contributed by atoms with E-state index < -0.39 is 42.4 Å². The lowest BCUT2D eigenvalue weighted by Gasteiger charge is -2.17. The number of fused-ring (bicyclic) bond motifs is 1. The van der Waals surface area contributed by atoms with Crippen LogP contribution in [0.1, 0.15) is 6.23 Å². The van der Waals surface area contributed by atoms with Crippen molar-refractivity contribution < 1.29 is 20.1 Å². The molecule has 1 fully saturated rings. The Morgan fingerprint density at radius 3 is 2.62 bits per heavy atom. The zero-order valence-electron chi connectivity index (χ0n) is 10.4. The van der Waals surface area contributed by atoms with Crippen LogP contribution in [-0.4, -0.2) is 59.8 Å². The highest BCUT2D eigenvalue weighted by atomic mass is 79.9. The molecule has 1 aliphatic rings. The molecule has 114 valence electrons. The van der Waals surface area contributed by atoms with Gasteiger partial charge in [-0.2, -0.15) is 0 Å². The molecule has 21 heavy (non-hydrogen) atoms. The summed E-state index contributed by atoms with van der Waals surface area (Å²) in [5.41, 5.74) is -1.46. The highest BCUT2D eigenvalue weighted by Crippen LogP contribution is 2.33. The van der Waals surface area contributed by atoms with Crippen LogP contribution in [0.2, 0.25) is 0 Å². The number of aliphatic hydroxyl groups is 3. The van der Waals surface area contributed by atoms with E-state index in [0.29, 0.717) is 0 Å². The fourth-order valence-corrected chi connectivity index (χ4v) is 2.87. The highest BCUT2D eigenvalue weighted by Gasteiger charge is 2.44. The van der Waals surface area contributed by atoms with E-state index in [2.05, 4.69) is 25.9 Å². The van der Waals surface area contributed by atoms with Crippen molar-refractivity contribution in [3.05, 3.63) is 25.6 Å². The van der Waals surface area contributed by atoms with Gasteiger partial charge >= 0.3 is 5.69 Å². The standard InChI is InChI=1S/C10H11BrN4O6/c11-9-12-3-6(13-10(20)14-7(3)19)15(9)8-5(18)4(17)2(1-16)21-8/h2,4-5,8,16-18H,1H2,(H2,13,14,19,20)/t2-,4-,5-,8-/m0/s1. The highest BCUT2D eigenvalue weighted by molar-refractivity contribution is 9.10. The molecular formula is C10H11BrN4O6. The molecule has 3 heterocycles. The predicted octanol–water partition coefficient (Wildman–Crippen LogP) is -2.21. The molecule has 0 bridgehead atoms. The minimum absolute atomic E-state index is 0.0328.